The van der Waals surface area contributed by atoms with Gasteiger partial charge in [0.1, 0.15) is 0 Å². The minimum atomic E-state index is -0.194. The van der Waals surface area contributed by atoms with Crippen molar-refractivity contribution in [3.8, 4) is 0 Å². The molecule has 0 aliphatic rings. The van der Waals surface area contributed by atoms with E-state index in [1.54, 1.807) is 4.22 Å². The van der Waals surface area contributed by atoms with Crippen molar-refractivity contribution in [2.75, 3.05) is 0 Å². The monoisotopic (exact) mass is 563 g/mol. The Labute approximate surface area is 92.2 Å². The third-order valence-corrected chi connectivity index (χ3v) is 2.67. The van der Waals surface area contributed by atoms with E-state index in [1.165, 1.54) is 6.20 Å². The summed E-state index contributed by atoms with van der Waals surface area (Å²) in [7, 11) is 0. The molecule has 46 valence electrons. The van der Waals surface area contributed by atoms with Crippen LogP contribution in [0.4, 0.5) is 0 Å². The summed E-state index contributed by atoms with van der Waals surface area (Å²) < 4.78 is 2.37. The van der Waals surface area contributed by atoms with E-state index in [-0.39, 0.29) is 48.3 Å². The van der Waals surface area contributed by atoms with Crippen molar-refractivity contribution in [3.63, 3.8) is 0 Å². The van der Waals surface area contributed by atoms with Gasteiger partial charge >= 0.3 is 62.8 Å². The van der Waals surface area contributed by atoms with Crippen LogP contribution in [0.1, 0.15) is 0 Å². The van der Waals surface area contributed by atoms with Gasteiger partial charge in [-0.15, -0.1) is 0 Å². The summed E-state index contributed by atoms with van der Waals surface area (Å²) in [5.41, 5.74) is 0. The fourth-order valence-electron chi connectivity index (χ4n) is 0.0823. The fourth-order valence-corrected chi connectivity index (χ4v) is 2.06. The van der Waals surface area contributed by atoms with Gasteiger partial charge in [0, 0.05) is 31.1 Å². The van der Waals surface area contributed by atoms with Gasteiger partial charge < -0.3 is 0 Å². The SMILES string of the molecule is C=C/[N+]([O-])=C/[IH]I.[U]. The first kappa shape index (κ1) is 12.4. The van der Waals surface area contributed by atoms with Crippen LogP contribution in [0.15, 0.2) is 12.8 Å². The van der Waals surface area contributed by atoms with Crippen molar-refractivity contribution in [1.82, 2.24) is 0 Å². The minimum Gasteiger partial charge on any atom is 0 e. The van der Waals surface area contributed by atoms with Crippen LogP contribution in [-0.2, 0) is 0 Å². The Kier molecular flexibility index (Phi) is 13.5. The molecule has 2 nitrogen and oxygen atoms in total. The Balaban J connectivity index is 0. The normalized spacial score (nSPS) is 10.4. The molecule has 0 rings (SSSR count). The van der Waals surface area contributed by atoms with Crippen molar-refractivity contribution < 1.29 is 35.9 Å². The Morgan fingerprint density at radius 2 is 2.25 bits per heavy atom. The molecule has 0 aliphatic heterocycles. The van der Waals surface area contributed by atoms with Crippen molar-refractivity contribution in [3.05, 3.63) is 18.0 Å². The quantitative estimate of drug-likeness (QED) is 0.166. The second-order valence-corrected chi connectivity index (χ2v) is 5.26. The molecule has 0 aromatic carbocycles. The predicted octanol–water partition coefficient (Wildman–Crippen LogP) is 1.72. The molecule has 5 heteroatoms. The molecular weight excluding hydrogens is 558 g/mol. The van der Waals surface area contributed by atoms with Crippen LogP contribution < -0.4 is 0 Å². The summed E-state index contributed by atoms with van der Waals surface area (Å²) in [5.74, 6) is 0. The first-order chi connectivity index (χ1) is 3.31. The zero-order valence-electron chi connectivity index (χ0n) is 4.00. The van der Waals surface area contributed by atoms with Gasteiger partial charge in [-0.25, -0.2) is 0 Å². The average molecular weight is 563 g/mol. The molecule has 0 aromatic rings. The molecule has 0 atom stereocenters. The van der Waals surface area contributed by atoms with Gasteiger partial charge in [0.2, 0.25) is 0 Å². The molecule has 0 aliphatic carbocycles. The molecule has 0 aromatic heterocycles. The number of hydrogen-bond donors (Lipinski definition) is 0. The van der Waals surface area contributed by atoms with Gasteiger partial charge in [-0.3, -0.25) is 0 Å². The summed E-state index contributed by atoms with van der Waals surface area (Å²) in [5, 5.41) is 10.2. The molecular formula is C3H5I2NOU. The Morgan fingerprint density at radius 1 is 1.75 bits per heavy atom. The van der Waals surface area contributed by atoms with Crippen LogP contribution >= 0.6 is 35.8 Å². The third kappa shape index (κ3) is 7.72. The maximum Gasteiger partial charge on any atom is 0 e. The molecule has 0 spiro atoms. The number of nitrogens with zero attached hydrogens (tertiary/aromatic N) is 1. The molecule has 0 unspecified atom stereocenters. The van der Waals surface area contributed by atoms with E-state index in [2.05, 4.69) is 25.2 Å². The molecule has 0 amide bonds. The van der Waals surface area contributed by atoms with Crippen molar-refractivity contribution >= 4 is 40.1 Å². The molecule has 0 fully saturated rings. The van der Waals surface area contributed by atoms with E-state index in [0.29, 0.717) is 0 Å². The molecule has 0 heterocycles. The first-order valence-corrected chi connectivity index (χ1v) is 9.63. The Bertz CT molecular complexity index is 95.3. The minimum absolute atomic E-state index is 0. The predicted molar refractivity (Wildman–Crippen MR) is 49.3 cm³/mol. The molecule has 0 N–H and O–H groups in total. The molecule has 0 saturated heterocycles. The van der Waals surface area contributed by atoms with Gasteiger partial charge in [-0.1, -0.05) is 0 Å². The van der Waals surface area contributed by atoms with Crippen molar-refractivity contribution in [2.24, 2.45) is 0 Å². The van der Waals surface area contributed by atoms with Gasteiger partial charge in [0.25, 0.3) is 0 Å². The summed E-state index contributed by atoms with van der Waals surface area (Å²) in [6, 6.07) is 0. The second-order valence-electron chi connectivity index (χ2n) is 0.737. The van der Waals surface area contributed by atoms with E-state index >= 15 is 0 Å². The fraction of sp³-hybridized carbons (Fsp3) is 0. The van der Waals surface area contributed by atoms with E-state index in [1.807, 2.05) is 0 Å². The summed E-state index contributed by atoms with van der Waals surface area (Å²) >= 11 is 2.02. The van der Waals surface area contributed by atoms with Gasteiger partial charge in [0.15, 0.2) is 0 Å². The summed E-state index contributed by atoms with van der Waals surface area (Å²) in [4.78, 5) is 0. The zero-order chi connectivity index (χ0) is 5.70. The number of hydroxylamine groups is 1. The first-order valence-electron chi connectivity index (χ1n) is 1.50. The van der Waals surface area contributed by atoms with E-state index in [0.717, 1.165) is 4.74 Å². The topological polar surface area (TPSA) is 26.1 Å². The van der Waals surface area contributed by atoms with Crippen LogP contribution in [0.2, 0.25) is 0 Å². The number of hydrogen-bond acceptors (Lipinski definition) is 1. The molecule has 8 heavy (non-hydrogen) atoms. The van der Waals surface area contributed by atoms with E-state index in [9.17, 15) is 5.21 Å². The van der Waals surface area contributed by atoms with Crippen molar-refractivity contribution in [2.45, 2.75) is 0 Å². The zero-order valence-corrected chi connectivity index (χ0v) is 12.7. The smallest absolute Gasteiger partial charge is 0 e. The van der Waals surface area contributed by atoms with Crippen LogP contribution in [0.3, 0.4) is 0 Å². The molecule has 0 saturated carbocycles. The second kappa shape index (κ2) is 8.72. The summed E-state index contributed by atoms with van der Waals surface area (Å²) in [6.07, 6.45) is 1.25. The summed E-state index contributed by atoms with van der Waals surface area (Å²) in [6.45, 7) is 3.28. The standard InChI is InChI=1S/C3H5I2NO.U/c1-2-6(7)3-5-4;/h2-3,5H,1H2;/b6-3-;. The average Bonchev–Trinajstić information content (AvgIpc) is 1.68. The third-order valence-electron chi connectivity index (χ3n) is 0.324. The van der Waals surface area contributed by atoms with E-state index in [4.69, 9.17) is 0 Å². The van der Waals surface area contributed by atoms with Crippen LogP contribution in [0, 0.1) is 36.3 Å². The maximum atomic E-state index is 10.2. The molecule has 0 bridgehead atoms. The largest absolute Gasteiger partial charge is 0 e. The van der Waals surface area contributed by atoms with Crippen LogP contribution in [-0.4, -0.2) is 8.96 Å². The van der Waals surface area contributed by atoms with Gasteiger partial charge in [-0.05, 0) is 0 Å². The van der Waals surface area contributed by atoms with Crippen LogP contribution in [0.5, 0.6) is 0 Å². The number of rotatable bonds is 2. The Morgan fingerprint density at radius 3 is 2.38 bits per heavy atom. The van der Waals surface area contributed by atoms with Gasteiger partial charge in [0.05, 0.1) is 0 Å². The molecule has 0 radical (unpaired) electrons. The van der Waals surface area contributed by atoms with Gasteiger partial charge in [-0.2, -0.15) is 0 Å². The number of halogens is 2. The Hall–Kier alpha value is 1.72. The maximum absolute atomic E-state index is 10.2. The van der Waals surface area contributed by atoms with Crippen molar-refractivity contribution in [1.29, 1.82) is 0 Å². The van der Waals surface area contributed by atoms with Crippen LogP contribution in [0.25, 0.3) is 0 Å². The van der Waals surface area contributed by atoms with E-state index < -0.39 is 0 Å².